The fourth-order valence-corrected chi connectivity index (χ4v) is 5.18. The van der Waals surface area contributed by atoms with E-state index in [1.807, 2.05) is 43.3 Å². The second kappa shape index (κ2) is 13.0. The molecule has 0 aliphatic carbocycles. The van der Waals surface area contributed by atoms with E-state index in [1.54, 1.807) is 22.4 Å². The van der Waals surface area contributed by atoms with E-state index in [4.69, 9.17) is 9.47 Å². The maximum absolute atomic E-state index is 13.6. The number of fused-ring (bicyclic) bond motifs is 1. The van der Waals surface area contributed by atoms with Crippen LogP contribution in [-0.2, 0) is 9.59 Å². The van der Waals surface area contributed by atoms with Crippen molar-refractivity contribution < 1.29 is 24.2 Å². The van der Waals surface area contributed by atoms with Crippen LogP contribution in [0.2, 0.25) is 0 Å². The topological polar surface area (TPSA) is 96.6 Å². The summed E-state index contributed by atoms with van der Waals surface area (Å²) in [6, 6.07) is 10.2. The van der Waals surface area contributed by atoms with Gasteiger partial charge in [-0.2, -0.15) is 0 Å². The number of Topliss-reactive ketones (excluding diaryl/α,β-unsaturated/α-hetero) is 1. The monoisotopic (exact) mass is 548 g/mol. The SMILES string of the molecule is CCCCOc1ccc(C2C(=C(O)c3c(C)nc4ccccn34)C(=O)C(=O)N2CCN(CC)CC)cc1OCC. The van der Waals surface area contributed by atoms with Crippen molar-refractivity contribution in [3.63, 3.8) is 0 Å². The highest BCUT2D eigenvalue weighted by atomic mass is 16.5. The molecular formula is C31H40N4O5. The van der Waals surface area contributed by atoms with E-state index in [0.29, 0.717) is 60.4 Å². The quantitative estimate of drug-likeness (QED) is 0.139. The predicted molar refractivity (Wildman–Crippen MR) is 155 cm³/mol. The number of aromatic nitrogens is 2. The Labute approximate surface area is 236 Å². The van der Waals surface area contributed by atoms with E-state index in [0.717, 1.165) is 25.9 Å². The third-order valence-electron chi connectivity index (χ3n) is 7.36. The number of imidazole rings is 1. The molecule has 1 aliphatic heterocycles. The van der Waals surface area contributed by atoms with Crippen molar-refractivity contribution in [3.8, 4) is 11.5 Å². The summed E-state index contributed by atoms with van der Waals surface area (Å²) in [4.78, 5) is 35.4. The van der Waals surface area contributed by atoms with E-state index in [2.05, 4.69) is 30.7 Å². The van der Waals surface area contributed by atoms with Crippen LogP contribution in [-0.4, -0.2) is 75.4 Å². The fraction of sp³-hybridized carbons (Fsp3) is 0.452. The number of nitrogens with zero attached hydrogens (tertiary/aromatic N) is 4. The number of benzene rings is 1. The summed E-state index contributed by atoms with van der Waals surface area (Å²) in [5.74, 6) is -0.445. The number of pyridine rings is 1. The van der Waals surface area contributed by atoms with Gasteiger partial charge in [0.05, 0.1) is 30.5 Å². The first-order valence-corrected chi connectivity index (χ1v) is 14.2. The van der Waals surface area contributed by atoms with Gasteiger partial charge in [0, 0.05) is 19.3 Å². The number of unbranched alkanes of at least 4 members (excludes halogenated alkanes) is 1. The van der Waals surface area contributed by atoms with Gasteiger partial charge in [-0.15, -0.1) is 0 Å². The number of aliphatic hydroxyl groups is 1. The Morgan fingerprint density at radius 1 is 1.05 bits per heavy atom. The highest BCUT2D eigenvalue weighted by molar-refractivity contribution is 6.46. The minimum Gasteiger partial charge on any atom is -0.505 e. The van der Waals surface area contributed by atoms with E-state index >= 15 is 0 Å². The number of ketones is 1. The van der Waals surface area contributed by atoms with Crippen LogP contribution in [0.4, 0.5) is 0 Å². The van der Waals surface area contributed by atoms with Gasteiger partial charge in [-0.05, 0) is 63.2 Å². The van der Waals surface area contributed by atoms with Crippen LogP contribution in [0.15, 0.2) is 48.2 Å². The normalized spacial score (nSPS) is 16.9. The molecule has 9 heteroatoms. The van der Waals surface area contributed by atoms with Gasteiger partial charge in [0.2, 0.25) is 0 Å². The van der Waals surface area contributed by atoms with Crippen LogP contribution in [0.3, 0.4) is 0 Å². The van der Waals surface area contributed by atoms with Crippen LogP contribution in [0, 0.1) is 6.92 Å². The minimum absolute atomic E-state index is 0.0420. The van der Waals surface area contributed by atoms with Gasteiger partial charge < -0.3 is 24.4 Å². The minimum atomic E-state index is -0.798. The molecule has 3 heterocycles. The number of amides is 1. The molecule has 1 unspecified atom stereocenters. The molecule has 0 saturated carbocycles. The second-order valence-corrected chi connectivity index (χ2v) is 9.84. The molecule has 0 spiro atoms. The van der Waals surface area contributed by atoms with Crippen molar-refractivity contribution in [2.24, 2.45) is 0 Å². The average Bonchev–Trinajstić information content (AvgIpc) is 3.42. The first kappa shape index (κ1) is 29.1. The zero-order chi connectivity index (χ0) is 28.8. The third kappa shape index (κ3) is 5.70. The molecule has 1 saturated heterocycles. The number of hydrogen-bond donors (Lipinski definition) is 1. The van der Waals surface area contributed by atoms with E-state index in [9.17, 15) is 14.7 Å². The van der Waals surface area contributed by atoms with Crippen molar-refractivity contribution in [2.45, 2.75) is 53.5 Å². The average molecular weight is 549 g/mol. The Kier molecular flexibility index (Phi) is 9.47. The van der Waals surface area contributed by atoms with E-state index < -0.39 is 17.7 Å². The molecule has 0 radical (unpaired) electrons. The van der Waals surface area contributed by atoms with Gasteiger partial charge in [-0.3, -0.25) is 14.0 Å². The van der Waals surface area contributed by atoms with Gasteiger partial charge in [0.25, 0.3) is 11.7 Å². The molecule has 1 N–H and O–H groups in total. The maximum Gasteiger partial charge on any atom is 0.295 e. The number of carbonyl (C=O) groups excluding carboxylic acids is 2. The number of likely N-dealkylation sites (N-methyl/N-ethyl adjacent to an activating group) is 1. The molecule has 4 rings (SSSR count). The number of rotatable bonds is 13. The van der Waals surface area contributed by atoms with Crippen molar-refractivity contribution in [2.75, 3.05) is 39.4 Å². The van der Waals surface area contributed by atoms with Gasteiger partial charge in [-0.25, -0.2) is 4.98 Å². The van der Waals surface area contributed by atoms with Crippen molar-refractivity contribution >= 4 is 23.1 Å². The lowest BCUT2D eigenvalue weighted by Crippen LogP contribution is -2.38. The van der Waals surface area contributed by atoms with Gasteiger partial charge in [-0.1, -0.05) is 39.3 Å². The highest BCUT2D eigenvalue weighted by Crippen LogP contribution is 2.42. The van der Waals surface area contributed by atoms with Crippen molar-refractivity contribution in [3.05, 3.63) is 65.1 Å². The number of aliphatic hydroxyl groups excluding tert-OH is 1. The van der Waals surface area contributed by atoms with Crippen molar-refractivity contribution in [1.82, 2.24) is 19.2 Å². The summed E-state index contributed by atoms with van der Waals surface area (Å²) >= 11 is 0. The number of likely N-dealkylation sites (tertiary alicyclic amines) is 1. The molecular weight excluding hydrogens is 508 g/mol. The zero-order valence-corrected chi connectivity index (χ0v) is 24.1. The molecule has 1 fully saturated rings. The molecule has 1 atom stereocenters. The molecule has 214 valence electrons. The summed E-state index contributed by atoms with van der Waals surface area (Å²) < 4.78 is 13.6. The molecule has 2 aromatic heterocycles. The van der Waals surface area contributed by atoms with Crippen LogP contribution in [0.1, 0.15) is 63.5 Å². The molecule has 40 heavy (non-hydrogen) atoms. The van der Waals surface area contributed by atoms with Crippen LogP contribution in [0.5, 0.6) is 11.5 Å². The Balaban J connectivity index is 1.87. The summed E-state index contributed by atoms with van der Waals surface area (Å²) in [5.41, 5.74) is 2.30. The standard InChI is InChI=1S/C31H40N4O5/c1-6-10-19-40-23-15-14-22(20-24(23)39-9-4)28-26(30(37)31(38)35(28)18-17-33(7-2)8-3)29(36)27-21(5)32-25-13-11-12-16-34(25)27/h11-16,20,28,36H,6-10,17-19H2,1-5H3. The molecule has 3 aromatic rings. The second-order valence-electron chi connectivity index (χ2n) is 9.84. The van der Waals surface area contributed by atoms with Crippen LogP contribution < -0.4 is 9.47 Å². The summed E-state index contributed by atoms with van der Waals surface area (Å²) in [7, 11) is 0. The van der Waals surface area contributed by atoms with Crippen LogP contribution in [0.25, 0.3) is 11.4 Å². The smallest absolute Gasteiger partial charge is 0.295 e. The molecule has 1 aliphatic rings. The maximum atomic E-state index is 13.6. The molecule has 1 amide bonds. The Morgan fingerprint density at radius 2 is 1.82 bits per heavy atom. The number of carbonyl (C=O) groups is 2. The fourth-order valence-electron chi connectivity index (χ4n) is 5.18. The Morgan fingerprint density at radius 3 is 2.52 bits per heavy atom. The summed E-state index contributed by atoms with van der Waals surface area (Å²) in [6.07, 6.45) is 3.70. The van der Waals surface area contributed by atoms with Gasteiger partial charge >= 0.3 is 0 Å². The number of hydrogen-bond acceptors (Lipinski definition) is 7. The lowest BCUT2D eigenvalue weighted by Gasteiger charge is -2.28. The first-order chi connectivity index (χ1) is 19.4. The largest absolute Gasteiger partial charge is 0.505 e. The molecule has 1 aromatic carbocycles. The Bertz CT molecular complexity index is 1390. The van der Waals surface area contributed by atoms with Gasteiger partial charge in [0.1, 0.15) is 11.3 Å². The Hall–Kier alpha value is -3.85. The lowest BCUT2D eigenvalue weighted by molar-refractivity contribution is -0.140. The van der Waals surface area contributed by atoms with E-state index in [-0.39, 0.29) is 11.3 Å². The number of ether oxygens (including phenoxy) is 2. The molecule has 0 bridgehead atoms. The van der Waals surface area contributed by atoms with Crippen LogP contribution >= 0.6 is 0 Å². The summed E-state index contributed by atoms with van der Waals surface area (Å²) in [5, 5.41) is 11.7. The highest BCUT2D eigenvalue weighted by Gasteiger charge is 2.46. The number of aryl methyl sites for hydroxylation is 1. The summed E-state index contributed by atoms with van der Waals surface area (Å²) in [6.45, 7) is 13.5. The zero-order valence-electron chi connectivity index (χ0n) is 24.1. The van der Waals surface area contributed by atoms with Crippen molar-refractivity contribution in [1.29, 1.82) is 0 Å². The first-order valence-electron chi connectivity index (χ1n) is 14.2. The third-order valence-corrected chi connectivity index (χ3v) is 7.36. The van der Waals surface area contributed by atoms with Gasteiger partial charge in [0.15, 0.2) is 17.3 Å². The van der Waals surface area contributed by atoms with E-state index in [1.165, 1.54) is 0 Å². The lowest BCUT2D eigenvalue weighted by atomic mass is 9.96. The predicted octanol–water partition coefficient (Wildman–Crippen LogP) is 4.98. The molecule has 9 nitrogen and oxygen atoms in total.